The van der Waals surface area contributed by atoms with E-state index in [1.807, 2.05) is 13.8 Å². The van der Waals surface area contributed by atoms with Crippen LogP contribution in [-0.2, 0) is 9.47 Å². The lowest BCUT2D eigenvalue weighted by Gasteiger charge is -2.35. The highest BCUT2D eigenvalue weighted by Gasteiger charge is 2.58. The van der Waals surface area contributed by atoms with Gasteiger partial charge in [-0.25, -0.2) is 0 Å². The van der Waals surface area contributed by atoms with Gasteiger partial charge in [-0.3, -0.25) is 0 Å². The summed E-state index contributed by atoms with van der Waals surface area (Å²) in [7, 11) is 3.33. The van der Waals surface area contributed by atoms with E-state index >= 15 is 0 Å². The molecule has 0 aromatic rings. The Morgan fingerprint density at radius 3 is 1.75 bits per heavy atom. The van der Waals surface area contributed by atoms with Crippen LogP contribution < -0.4 is 5.73 Å². The molecule has 0 atom stereocenters. The molecule has 0 heterocycles. The molecule has 0 unspecified atom stereocenters. The highest BCUT2D eigenvalue weighted by molar-refractivity contribution is 5.08. The number of nitrogens with two attached hydrogens (primary N) is 1. The lowest BCUT2D eigenvalue weighted by Crippen LogP contribution is -2.49. The molecule has 1 aliphatic rings. The summed E-state index contributed by atoms with van der Waals surface area (Å²) in [5.41, 5.74) is 5.89. The van der Waals surface area contributed by atoms with E-state index in [2.05, 4.69) is 0 Å². The molecule has 1 fully saturated rings. The molecule has 3 nitrogen and oxygen atoms in total. The Morgan fingerprint density at radius 2 is 1.67 bits per heavy atom. The van der Waals surface area contributed by atoms with Crippen LogP contribution in [0.15, 0.2) is 0 Å². The number of rotatable bonds is 4. The first-order valence-corrected chi connectivity index (χ1v) is 4.32. The quantitative estimate of drug-likeness (QED) is 0.648. The third-order valence-electron chi connectivity index (χ3n) is 2.95. The lowest BCUT2D eigenvalue weighted by molar-refractivity contribution is -0.161. The van der Waals surface area contributed by atoms with Crippen LogP contribution in [0.25, 0.3) is 0 Å². The van der Waals surface area contributed by atoms with E-state index in [-0.39, 0.29) is 17.2 Å². The standard InChI is InChI=1S/C9H19NO2/c1-8(2,10)9(5-6-9)7(11-3)12-4/h7H,5-6,10H2,1-4H3. The number of hydrogen-bond acceptors (Lipinski definition) is 3. The molecule has 1 aliphatic carbocycles. The fourth-order valence-electron chi connectivity index (χ4n) is 1.87. The second kappa shape index (κ2) is 2.98. The molecule has 0 aliphatic heterocycles. The highest BCUT2D eigenvalue weighted by atomic mass is 16.7. The minimum Gasteiger partial charge on any atom is -0.355 e. The van der Waals surface area contributed by atoms with Gasteiger partial charge in [-0.15, -0.1) is 0 Å². The summed E-state index contributed by atoms with van der Waals surface area (Å²) < 4.78 is 10.5. The summed E-state index contributed by atoms with van der Waals surface area (Å²) >= 11 is 0. The molecule has 0 spiro atoms. The fourth-order valence-corrected chi connectivity index (χ4v) is 1.87. The molecule has 0 amide bonds. The second-order valence-electron chi connectivity index (χ2n) is 4.18. The maximum atomic E-state index is 6.07. The van der Waals surface area contributed by atoms with Gasteiger partial charge in [-0.1, -0.05) is 0 Å². The number of ether oxygens (including phenoxy) is 2. The van der Waals surface area contributed by atoms with Gasteiger partial charge >= 0.3 is 0 Å². The smallest absolute Gasteiger partial charge is 0.164 e. The van der Waals surface area contributed by atoms with E-state index in [0.29, 0.717) is 0 Å². The highest BCUT2D eigenvalue weighted by Crippen LogP contribution is 2.56. The predicted molar refractivity (Wildman–Crippen MR) is 47.7 cm³/mol. The molecule has 0 bridgehead atoms. The second-order valence-corrected chi connectivity index (χ2v) is 4.18. The molecule has 3 heteroatoms. The van der Waals surface area contributed by atoms with Gasteiger partial charge in [0.05, 0.1) is 0 Å². The van der Waals surface area contributed by atoms with E-state index in [4.69, 9.17) is 15.2 Å². The zero-order valence-corrected chi connectivity index (χ0v) is 8.39. The molecule has 72 valence electrons. The zero-order valence-electron chi connectivity index (χ0n) is 8.39. The normalized spacial score (nSPS) is 21.5. The topological polar surface area (TPSA) is 44.5 Å². The van der Waals surface area contributed by atoms with Crippen molar-refractivity contribution in [1.29, 1.82) is 0 Å². The molecule has 0 aromatic carbocycles. The first kappa shape index (κ1) is 9.96. The summed E-state index contributed by atoms with van der Waals surface area (Å²) in [4.78, 5) is 0. The molecule has 1 saturated carbocycles. The van der Waals surface area contributed by atoms with Crippen molar-refractivity contribution < 1.29 is 9.47 Å². The average Bonchev–Trinajstić information content (AvgIpc) is 2.69. The Kier molecular flexibility index (Phi) is 2.47. The van der Waals surface area contributed by atoms with Crippen LogP contribution in [0.1, 0.15) is 26.7 Å². The third kappa shape index (κ3) is 1.37. The molecular formula is C9H19NO2. The third-order valence-corrected chi connectivity index (χ3v) is 2.95. The van der Waals surface area contributed by atoms with Gasteiger partial charge in [-0.2, -0.15) is 0 Å². The Hall–Kier alpha value is -0.120. The first-order valence-electron chi connectivity index (χ1n) is 4.32. The van der Waals surface area contributed by atoms with Crippen molar-refractivity contribution in [3.05, 3.63) is 0 Å². The SMILES string of the molecule is COC(OC)C1(C(C)(C)N)CC1. The van der Waals surface area contributed by atoms with Gasteiger partial charge in [-0.05, 0) is 26.7 Å². The molecule has 0 radical (unpaired) electrons. The Labute approximate surface area is 74.2 Å². The summed E-state index contributed by atoms with van der Waals surface area (Å²) in [6.45, 7) is 4.07. The monoisotopic (exact) mass is 173 g/mol. The van der Waals surface area contributed by atoms with Gasteiger partial charge < -0.3 is 15.2 Å². The molecular weight excluding hydrogens is 154 g/mol. The van der Waals surface area contributed by atoms with Gasteiger partial charge in [0.2, 0.25) is 0 Å². The van der Waals surface area contributed by atoms with Crippen LogP contribution in [0.3, 0.4) is 0 Å². The van der Waals surface area contributed by atoms with Crippen molar-refractivity contribution in [2.45, 2.75) is 38.5 Å². The zero-order chi connectivity index (χ0) is 9.41. The summed E-state index contributed by atoms with van der Waals surface area (Å²) in [6.07, 6.45) is 2.04. The summed E-state index contributed by atoms with van der Waals surface area (Å²) in [5.74, 6) is 0. The van der Waals surface area contributed by atoms with Crippen LogP contribution in [-0.4, -0.2) is 26.0 Å². The van der Waals surface area contributed by atoms with E-state index in [9.17, 15) is 0 Å². The largest absolute Gasteiger partial charge is 0.355 e. The van der Waals surface area contributed by atoms with Crippen molar-refractivity contribution in [2.75, 3.05) is 14.2 Å². The summed E-state index contributed by atoms with van der Waals surface area (Å²) in [5, 5.41) is 0. The predicted octanol–water partition coefficient (Wildman–Crippen LogP) is 1.12. The van der Waals surface area contributed by atoms with Crippen LogP contribution in [0.2, 0.25) is 0 Å². The van der Waals surface area contributed by atoms with Crippen molar-refractivity contribution in [3.8, 4) is 0 Å². The van der Waals surface area contributed by atoms with E-state index < -0.39 is 0 Å². The Bertz CT molecular complexity index is 154. The molecule has 0 saturated heterocycles. The number of hydrogen-bond donors (Lipinski definition) is 1. The van der Waals surface area contributed by atoms with Crippen LogP contribution in [0, 0.1) is 5.41 Å². The van der Waals surface area contributed by atoms with Gasteiger partial charge in [0.15, 0.2) is 6.29 Å². The van der Waals surface area contributed by atoms with Crippen molar-refractivity contribution in [2.24, 2.45) is 11.1 Å². The molecule has 1 rings (SSSR count). The van der Waals surface area contributed by atoms with Crippen molar-refractivity contribution in [1.82, 2.24) is 0 Å². The van der Waals surface area contributed by atoms with Gasteiger partial charge in [0, 0.05) is 25.2 Å². The minimum absolute atomic E-state index is 0.0382. The van der Waals surface area contributed by atoms with E-state index in [1.54, 1.807) is 14.2 Å². The maximum absolute atomic E-state index is 6.07. The van der Waals surface area contributed by atoms with Crippen molar-refractivity contribution in [3.63, 3.8) is 0 Å². The number of methoxy groups -OCH3 is 2. The molecule has 12 heavy (non-hydrogen) atoms. The Balaban J connectivity index is 2.71. The van der Waals surface area contributed by atoms with Crippen LogP contribution in [0.4, 0.5) is 0 Å². The Morgan fingerprint density at radius 1 is 1.25 bits per heavy atom. The first-order chi connectivity index (χ1) is 5.48. The van der Waals surface area contributed by atoms with E-state index in [1.165, 1.54) is 0 Å². The van der Waals surface area contributed by atoms with Crippen LogP contribution >= 0.6 is 0 Å². The molecule has 0 aromatic heterocycles. The average molecular weight is 173 g/mol. The van der Waals surface area contributed by atoms with Gasteiger partial charge in [0.1, 0.15) is 0 Å². The van der Waals surface area contributed by atoms with E-state index in [0.717, 1.165) is 12.8 Å². The fraction of sp³-hybridized carbons (Fsp3) is 1.00. The molecule has 2 N–H and O–H groups in total. The lowest BCUT2D eigenvalue weighted by atomic mass is 9.84. The van der Waals surface area contributed by atoms with Crippen LogP contribution in [0.5, 0.6) is 0 Å². The van der Waals surface area contributed by atoms with Crippen molar-refractivity contribution >= 4 is 0 Å². The summed E-state index contributed by atoms with van der Waals surface area (Å²) in [6, 6.07) is 0. The minimum atomic E-state index is -0.219. The van der Waals surface area contributed by atoms with Gasteiger partial charge in [0.25, 0.3) is 0 Å². The maximum Gasteiger partial charge on any atom is 0.164 e.